The van der Waals surface area contributed by atoms with E-state index >= 15 is 0 Å². The van der Waals surface area contributed by atoms with Crippen molar-refractivity contribution >= 4 is 34.0 Å². The molecule has 2 fully saturated rings. The molecular weight excluding hydrogens is 438 g/mol. The number of aliphatic hydroxyl groups is 2. The number of pyridine rings is 1. The second-order valence-electron chi connectivity index (χ2n) is 9.78. The van der Waals surface area contributed by atoms with Gasteiger partial charge in [-0.2, -0.15) is 0 Å². The lowest BCUT2D eigenvalue weighted by atomic mass is 10.0. The van der Waals surface area contributed by atoms with Crippen LogP contribution in [0.25, 0.3) is 21.6 Å². The van der Waals surface area contributed by atoms with Gasteiger partial charge in [0.1, 0.15) is 16.8 Å². The fourth-order valence-electron chi connectivity index (χ4n) is 5.90. The zero-order chi connectivity index (χ0) is 22.7. The Bertz CT molecular complexity index is 1190. The predicted octanol–water partition coefficient (Wildman–Crippen LogP) is 3.09. The van der Waals surface area contributed by atoms with Crippen LogP contribution in [0, 0.1) is 11.8 Å². The minimum atomic E-state index is -0.929. The number of amides is 1. The fourth-order valence-corrected chi connectivity index (χ4v) is 7.05. The lowest BCUT2D eigenvalue weighted by Gasteiger charge is -2.22. The van der Waals surface area contributed by atoms with Gasteiger partial charge >= 0.3 is 0 Å². The monoisotopic (exact) mass is 467 g/mol. The lowest BCUT2D eigenvalue weighted by Crippen LogP contribution is -2.37. The van der Waals surface area contributed by atoms with E-state index < -0.39 is 12.2 Å². The molecule has 1 saturated carbocycles. The number of rotatable bonds is 4. The molecule has 8 nitrogen and oxygen atoms in total. The standard InChI is InChI=1S/C24H29N5O3S/c1-12(30)24(32)29-10-13-7-15(8-14(13)11-29)27-20-16-5-6-25-22(16)26-9-17(20)23-28-18-3-2-4-19(31)21(18)33-23/h5-6,9,12-15,19,30-31H,2-4,7-8,10-11H2,1H3,(H2,25,26,27)/t12-,13-,14+,15?,19?/m0/s1. The van der Waals surface area contributed by atoms with E-state index in [1.165, 1.54) is 0 Å². The minimum absolute atomic E-state index is 0.158. The normalized spacial score (nSPS) is 27.5. The summed E-state index contributed by atoms with van der Waals surface area (Å²) in [5.41, 5.74) is 3.89. The summed E-state index contributed by atoms with van der Waals surface area (Å²) in [6.07, 6.45) is 7.13. The van der Waals surface area contributed by atoms with Crippen molar-refractivity contribution in [2.45, 2.75) is 57.3 Å². The summed E-state index contributed by atoms with van der Waals surface area (Å²) in [6.45, 7) is 3.00. The van der Waals surface area contributed by atoms with Crippen molar-refractivity contribution in [2.75, 3.05) is 18.4 Å². The summed E-state index contributed by atoms with van der Waals surface area (Å²) in [5, 5.41) is 25.9. The second kappa shape index (κ2) is 8.07. The van der Waals surface area contributed by atoms with Gasteiger partial charge in [0.2, 0.25) is 0 Å². The quantitative estimate of drug-likeness (QED) is 0.469. The molecule has 3 aliphatic rings. The van der Waals surface area contributed by atoms with E-state index in [0.29, 0.717) is 17.9 Å². The van der Waals surface area contributed by atoms with Crippen LogP contribution in [0.1, 0.15) is 49.3 Å². The Morgan fingerprint density at radius 3 is 2.85 bits per heavy atom. The summed E-state index contributed by atoms with van der Waals surface area (Å²) in [5.74, 6) is 0.758. The number of thiazole rings is 1. The Morgan fingerprint density at radius 2 is 2.12 bits per heavy atom. The van der Waals surface area contributed by atoms with Crippen molar-refractivity contribution in [1.82, 2.24) is 19.9 Å². The number of aromatic amines is 1. The molecule has 0 radical (unpaired) electrons. The maximum Gasteiger partial charge on any atom is 0.251 e. The number of H-pyrrole nitrogens is 1. The highest BCUT2D eigenvalue weighted by atomic mass is 32.1. The first kappa shape index (κ1) is 21.1. The van der Waals surface area contributed by atoms with Crippen LogP contribution in [0.3, 0.4) is 0 Å². The Hall–Kier alpha value is -2.49. The van der Waals surface area contributed by atoms with Crippen LogP contribution in [0.5, 0.6) is 0 Å². The zero-order valence-corrected chi connectivity index (χ0v) is 19.4. The van der Waals surface area contributed by atoms with E-state index in [-0.39, 0.29) is 5.91 Å². The summed E-state index contributed by atoms with van der Waals surface area (Å²) >= 11 is 1.58. The van der Waals surface area contributed by atoms with Crippen LogP contribution in [-0.4, -0.2) is 61.2 Å². The Morgan fingerprint density at radius 1 is 1.33 bits per heavy atom. The Labute approximate surface area is 196 Å². The molecule has 174 valence electrons. The van der Waals surface area contributed by atoms with Crippen LogP contribution in [0.2, 0.25) is 0 Å². The highest BCUT2D eigenvalue weighted by molar-refractivity contribution is 7.15. The first-order valence-electron chi connectivity index (χ1n) is 11.9. The third kappa shape index (κ3) is 3.62. The van der Waals surface area contributed by atoms with Crippen molar-refractivity contribution in [1.29, 1.82) is 0 Å². The highest BCUT2D eigenvalue weighted by Crippen LogP contribution is 2.44. The van der Waals surface area contributed by atoms with E-state index in [9.17, 15) is 15.0 Å². The maximum absolute atomic E-state index is 12.2. The smallest absolute Gasteiger partial charge is 0.251 e. The number of nitrogens with zero attached hydrogens (tertiary/aromatic N) is 3. The first-order chi connectivity index (χ1) is 16.0. The SMILES string of the molecule is C[C@H](O)C(=O)N1C[C@H]2CC(Nc3c(-c4nc5c(s4)C(O)CCC5)cnc4[nH]ccc34)C[C@H]2C1. The highest BCUT2D eigenvalue weighted by Gasteiger charge is 2.43. The number of aromatic nitrogens is 3. The molecule has 0 bridgehead atoms. The number of nitrogens with one attached hydrogen (secondary N) is 2. The Kier molecular flexibility index (Phi) is 5.15. The van der Waals surface area contributed by atoms with Crippen molar-refractivity contribution < 1.29 is 15.0 Å². The topological polar surface area (TPSA) is 114 Å². The molecule has 5 atom stereocenters. The lowest BCUT2D eigenvalue weighted by molar-refractivity contribution is -0.138. The van der Waals surface area contributed by atoms with Gasteiger partial charge in [-0.25, -0.2) is 9.97 Å². The molecule has 1 saturated heterocycles. The third-order valence-corrected chi connectivity index (χ3v) is 8.74. The summed E-state index contributed by atoms with van der Waals surface area (Å²) in [6, 6.07) is 2.36. The minimum Gasteiger partial charge on any atom is -0.388 e. The molecule has 9 heteroatoms. The number of carbonyl (C=O) groups is 1. The number of anilines is 1. The number of fused-ring (bicyclic) bond motifs is 3. The van der Waals surface area contributed by atoms with E-state index in [4.69, 9.17) is 4.98 Å². The molecule has 3 aromatic rings. The van der Waals surface area contributed by atoms with Gasteiger partial charge in [-0.05, 0) is 56.9 Å². The summed E-state index contributed by atoms with van der Waals surface area (Å²) in [4.78, 5) is 27.8. The molecule has 6 rings (SSSR count). The summed E-state index contributed by atoms with van der Waals surface area (Å²) < 4.78 is 0. The Balaban J connectivity index is 1.27. The number of aliphatic hydroxyl groups excluding tert-OH is 2. The number of hydrogen-bond donors (Lipinski definition) is 4. The van der Waals surface area contributed by atoms with Gasteiger partial charge in [-0.1, -0.05) is 0 Å². The second-order valence-corrected chi connectivity index (χ2v) is 10.8. The molecule has 1 aliphatic heterocycles. The number of hydrogen-bond acceptors (Lipinski definition) is 7. The van der Waals surface area contributed by atoms with Gasteiger partial charge in [0.05, 0.1) is 27.9 Å². The van der Waals surface area contributed by atoms with Gasteiger partial charge in [0, 0.05) is 36.9 Å². The van der Waals surface area contributed by atoms with Gasteiger partial charge in [-0.15, -0.1) is 11.3 Å². The molecule has 4 N–H and O–H groups in total. The number of carbonyl (C=O) groups excluding carboxylic acids is 1. The van der Waals surface area contributed by atoms with E-state index in [1.54, 1.807) is 18.3 Å². The van der Waals surface area contributed by atoms with Gasteiger partial charge < -0.3 is 25.4 Å². The van der Waals surface area contributed by atoms with Crippen molar-refractivity contribution in [3.63, 3.8) is 0 Å². The molecule has 1 amide bonds. The number of aryl methyl sites for hydroxylation is 1. The summed E-state index contributed by atoms with van der Waals surface area (Å²) in [7, 11) is 0. The molecule has 2 unspecified atom stereocenters. The zero-order valence-electron chi connectivity index (χ0n) is 18.6. The van der Waals surface area contributed by atoms with E-state index in [1.807, 2.05) is 17.3 Å². The van der Waals surface area contributed by atoms with E-state index in [2.05, 4.69) is 21.4 Å². The van der Waals surface area contributed by atoms with Crippen LogP contribution >= 0.6 is 11.3 Å². The fraction of sp³-hybridized carbons (Fsp3) is 0.542. The molecule has 0 spiro atoms. The molecule has 33 heavy (non-hydrogen) atoms. The van der Waals surface area contributed by atoms with Crippen LogP contribution < -0.4 is 5.32 Å². The van der Waals surface area contributed by atoms with Gasteiger partial charge in [-0.3, -0.25) is 4.79 Å². The maximum atomic E-state index is 12.2. The molecule has 2 aliphatic carbocycles. The third-order valence-electron chi connectivity index (χ3n) is 7.51. The molecular formula is C24H29N5O3S. The average molecular weight is 468 g/mol. The van der Waals surface area contributed by atoms with Crippen molar-refractivity contribution in [3.8, 4) is 10.6 Å². The van der Waals surface area contributed by atoms with E-state index in [0.717, 1.165) is 83.1 Å². The van der Waals surface area contributed by atoms with Crippen molar-refractivity contribution in [3.05, 3.63) is 29.0 Å². The first-order valence-corrected chi connectivity index (χ1v) is 12.7. The predicted molar refractivity (Wildman–Crippen MR) is 127 cm³/mol. The molecule has 0 aromatic carbocycles. The van der Waals surface area contributed by atoms with Crippen LogP contribution in [-0.2, 0) is 11.2 Å². The average Bonchev–Trinajstić information content (AvgIpc) is 3.55. The van der Waals surface area contributed by atoms with Crippen molar-refractivity contribution in [2.24, 2.45) is 11.8 Å². The van der Waals surface area contributed by atoms with Crippen LogP contribution in [0.15, 0.2) is 18.5 Å². The largest absolute Gasteiger partial charge is 0.388 e. The van der Waals surface area contributed by atoms with Gasteiger partial charge in [0.15, 0.2) is 0 Å². The molecule has 4 heterocycles. The van der Waals surface area contributed by atoms with Gasteiger partial charge in [0.25, 0.3) is 5.91 Å². The van der Waals surface area contributed by atoms with Crippen LogP contribution in [0.4, 0.5) is 5.69 Å². The molecule has 3 aromatic heterocycles. The number of likely N-dealkylation sites (tertiary alicyclic amines) is 1.